The van der Waals surface area contributed by atoms with Crippen LogP contribution in [-0.2, 0) is 11.2 Å². The molecule has 4 N–H and O–H groups in total. The van der Waals surface area contributed by atoms with E-state index in [1.165, 1.54) is 17.2 Å². The summed E-state index contributed by atoms with van der Waals surface area (Å²) in [5.41, 5.74) is 1.88. The first kappa shape index (κ1) is 23.0. The Labute approximate surface area is 189 Å². The predicted octanol–water partition coefficient (Wildman–Crippen LogP) is 0.118. The average Bonchev–Trinajstić information content (AvgIpc) is 3.39. The molecule has 0 saturated carbocycles. The number of ether oxygens (including phenoxy) is 4. The Morgan fingerprint density at radius 3 is 2.36 bits per heavy atom. The van der Waals surface area contributed by atoms with Crippen LogP contribution in [0.1, 0.15) is 11.8 Å². The lowest BCUT2D eigenvalue weighted by molar-refractivity contribution is -0.0511. The third-order valence-corrected chi connectivity index (χ3v) is 5.58. The zero-order valence-corrected chi connectivity index (χ0v) is 18.5. The van der Waals surface area contributed by atoms with Crippen LogP contribution < -0.4 is 19.5 Å². The first-order valence-electron chi connectivity index (χ1n) is 10.3. The fourth-order valence-electron chi connectivity index (χ4n) is 3.88. The molecule has 0 bridgehead atoms. The molecule has 4 atom stereocenters. The zero-order valence-electron chi connectivity index (χ0n) is 18.5. The van der Waals surface area contributed by atoms with Gasteiger partial charge in [-0.25, -0.2) is 15.0 Å². The molecule has 33 heavy (non-hydrogen) atoms. The predicted molar refractivity (Wildman–Crippen MR) is 117 cm³/mol. The Hall–Kier alpha value is -3.19. The molecule has 4 unspecified atom stereocenters. The third-order valence-electron chi connectivity index (χ3n) is 5.58. The summed E-state index contributed by atoms with van der Waals surface area (Å²) >= 11 is 0. The van der Waals surface area contributed by atoms with E-state index in [4.69, 9.17) is 18.9 Å². The molecule has 4 rings (SSSR count). The number of hydrogen-bond donors (Lipinski definition) is 4. The molecule has 2 aromatic heterocycles. The molecule has 1 fully saturated rings. The largest absolute Gasteiger partial charge is 0.493 e. The Morgan fingerprint density at radius 2 is 1.76 bits per heavy atom. The van der Waals surface area contributed by atoms with Gasteiger partial charge in [-0.05, 0) is 24.1 Å². The highest BCUT2D eigenvalue weighted by molar-refractivity contribution is 5.82. The van der Waals surface area contributed by atoms with Gasteiger partial charge in [0.15, 0.2) is 34.7 Å². The maximum absolute atomic E-state index is 10.3. The number of nitrogens with zero attached hydrogens (tertiary/aromatic N) is 4. The molecule has 0 spiro atoms. The van der Waals surface area contributed by atoms with E-state index in [-0.39, 0.29) is 0 Å². The number of imidazole rings is 1. The van der Waals surface area contributed by atoms with Crippen LogP contribution in [-0.4, -0.2) is 87.6 Å². The van der Waals surface area contributed by atoms with Crippen molar-refractivity contribution >= 4 is 17.0 Å². The number of aliphatic hydroxyl groups excluding tert-OH is 3. The number of aliphatic hydroxyl groups is 3. The summed E-state index contributed by atoms with van der Waals surface area (Å²) < 4.78 is 23.3. The minimum absolute atomic E-state index is 0.413. The van der Waals surface area contributed by atoms with Crippen LogP contribution in [0, 0.1) is 0 Å². The summed E-state index contributed by atoms with van der Waals surface area (Å²) in [6.45, 7) is 0.121. The van der Waals surface area contributed by atoms with Crippen molar-refractivity contribution in [3.8, 4) is 17.2 Å². The SMILES string of the molecule is COc1cc(CCNc2ncnc3c2ncn3C2OC(CO)C(O)C2O)cc(OC)c1OC. The van der Waals surface area contributed by atoms with E-state index in [9.17, 15) is 15.3 Å². The van der Waals surface area contributed by atoms with Crippen molar-refractivity contribution in [2.45, 2.75) is 31.0 Å². The van der Waals surface area contributed by atoms with Gasteiger partial charge in [0, 0.05) is 6.54 Å². The molecular weight excluding hydrogens is 434 g/mol. The van der Waals surface area contributed by atoms with Gasteiger partial charge in [-0.2, -0.15) is 0 Å². The Bertz CT molecular complexity index is 1080. The number of rotatable bonds is 9. The second-order valence-corrected chi connectivity index (χ2v) is 7.49. The van der Waals surface area contributed by atoms with Gasteiger partial charge in [-0.15, -0.1) is 0 Å². The molecule has 0 aliphatic carbocycles. The molecule has 3 aromatic rings. The highest BCUT2D eigenvalue weighted by atomic mass is 16.6. The average molecular weight is 461 g/mol. The van der Waals surface area contributed by atoms with E-state index in [0.29, 0.717) is 47.2 Å². The topological polar surface area (TPSA) is 153 Å². The molecule has 3 heterocycles. The highest BCUT2D eigenvalue weighted by Gasteiger charge is 2.44. The van der Waals surface area contributed by atoms with Gasteiger partial charge in [-0.3, -0.25) is 4.57 Å². The van der Waals surface area contributed by atoms with Gasteiger partial charge in [0.2, 0.25) is 5.75 Å². The second kappa shape index (κ2) is 9.75. The summed E-state index contributed by atoms with van der Waals surface area (Å²) in [5, 5.41) is 33.0. The van der Waals surface area contributed by atoms with E-state index in [2.05, 4.69) is 20.3 Å². The lowest BCUT2D eigenvalue weighted by atomic mass is 10.1. The molecule has 0 radical (unpaired) electrons. The fraction of sp³-hybridized carbons (Fsp3) is 0.476. The van der Waals surface area contributed by atoms with E-state index in [0.717, 1.165) is 5.56 Å². The van der Waals surface area contributed by atoms with Crippen LogP contribution in [0.4, 0.5) is 5.82 Å². The molecule has 0 amide bonds. The number of anilines is 1. The van der Waals surface area contributed by atoms with Gasteiger partial charge in [0.25, 0.3) is 0 Å². The first-order valence-corrected chi connectivity index (χ1v) is 10.3. The van der Waals surface area contributed by atoms with Gasteiger partial charge < -0.3 is 39.6 Å². The van der Waals surface area contributed by atoms with Crippen molar-refractivity contribution in [3.63, 3.8) is 0 Å². The minimum atomic E-state index is -1.23. The number of benzene rings is 1. The van der Waals surface area contributed by atoms with Crippen LogP contribution in [0.15, 0.2) is 24.8 Å². The maximum atomic E-state index is 10.3. The molecule has 12 heteroatoms. The number of fused-ring (bicyclic) bond motifs is 1. The van der Waals surface area contributed by atoms with Gasteiger partial charge in [0.05, 0.1) is 34.3 Å². The third kappa shape index (κ3) is 4.25. The molecule has 1 aliphatic heterocycles. The fourth-order valence-corrected chi connectivity index (χ4v) is 3.88. The Morgan fingerprint density at radius 1 is 1.03 bits per heavy atom. The quantitative estimate of drug-likeness (QED) is 0.344. The summed E-state index contributed by atoms with van der Waals surface area (Å²) in [6, 6.07) is 3.77. The van der Waals surface area contributed by atoms with E-state index < -0.39 is 31.1 Å². The molecule has 1 aromatic carbocycles. The monoisotopic (exact) mass is 461 g/mol. The summed E-state index contributed by atoms with van der Waals surface area (Å²) in [6.07, 6.45) is -0.781. The minimum Gasteiger partial charge on any atom is -0.493 e. The lowest BCUT2D eigenvalue weighted by Gasteiger charge is -2.16. The molecular formula is C21H27N5O7. The summed E-state index contributed by atoms with van der Waals surface area (Å²) in [4.78, 5) is 12.9. The lowest BCUT2D eigenvalue weighted by Crippen LogP contribution is -2.33. The van der Waals surface area contributed by atoms with Crippen LogP contribution >= 0.6 is 0 Å². The molecule has 1 saturated heterocycles. The number of hydrogen-bond acceptors (Lipinski definition) is 11. The van der Waals surface area contributed by atoms with Crippen molar-refractivity contribution in [2.75, 3.05) is 39.8 Å². The van der Waals surface area contributed by atoms with Crippen molar-refractivity contribution in [2.24, 2.45) is 0 Å². The molecule has 12 nitrogen and oxygen atoms in total. The Kier molecular flexibility index (Phi) is 6.79. The second-order valence-electron chi connectivity index (χ2n) is 7.49. The molecule has 1 aliphatic rings. The smallest absolute Gasteiger partial charge is 0.203 e. The number of aromatic nitrogens is 4. The zero-order chi connectivity index (χ0) is 23.5. The van der Waals surface area contributed by atoms with Crippen molar-refractivity contribution in [1.82, 2.24) is 19.5 Å². The van der Waals surface area contributed by atoms with Crippen LogP contribution in [0.3, 0.4) is 0 Å². The van der Waals surface area contributed by atoms with Crippen molar-refractivity contribution in [1.29, 1.82) is 0 Å². The van der Waals surface area contributed by atoms with Crippen molar-refractivity contribution < 1.29 is 34.3 Å². The van der Waals surface area contributed by atoms with Gasteiger partial charge in [0.1, 0.15) is 24.6 Å². The number of nitrogens with one attached hydrogen (secondary N) is 1. The molecule has 178 valence electrons. The maximum Gasteiger partial charge on any atom is 0.203 e. The van der Waals surface area contributed by atoms with Gasteiger partial charge in [-0.1, -0.05) is 0 Å². The van der Waals surface area contributed by atoms with E-state index in [1.807, 2.05) is 12.1 Å². The first-order chi connectivity index (χ1) is 16.0. The van der Waals surface area contributed by atoms with E-state index in [1.54, 1.807) is 21.3 Å². The van der Waals surface area contributed by atoms with Gasteiger partial charge >= 0.3 is 0 Å². The van der Waals surface area contributed by atoms with Crippen molar-refractivity contribution in [3.05, 3.63) is 30.4 Å². The number of methoxy groups -OCH3 is 3. The standard InChI is InChI=1S/C21H27N5O7/c1-30-12-6-11(7-13(31-2)18(12)32-3)4-5-22-19-15-20(24-9-23-19)26(10-25-15)21-17(29)16(28)14(8-27)33-21/h6-7,9-10,14,16-17,21,27-29H,4-5,8H2,1-3H3,(H,22,23,24). The summed E-state index contributed by atoms with van der Waals surface area (Å²) in [7, 11) is 4.70. The van der Waals surface area contributed by atoms with E-state index >= 15 is 0 Å². The van der Waals surface area contributed by atoms with Crippen LogP contribution in [0.2, 0.25) is 0 Å². The summed E-state index contributed by atoms with van der Waals surface area (Å²) in [5.74, 6) is 2.20. The Balaban J connectivity index is 1.51. The normalized spacial score (nSPS) is 22.5. The van der Waals surface area contributed by atoms with Crippen LogP contribution in [0.25, 0.3) is 11.2 Å². The highest BCUT2D eigenvalue weighted by Crippen LogP contribution is 2.38. The van der Waals surface area contributed by atoms with Crippen LogP contribution in [0.5, 0.6) is 17.2 Å².